The molecule has 0 radical (unpaired) electrons. The molecule has 0 bridgehead atoms. The van der Waals surface area contributed by atoms with E-state index in [1.54, 1.807) is 6.07 Å². The second-order valence-corrected chi connectivity index (χ2v) is 6.26. The van der Waals surface area contributed by atoms with Crippen LogP contribution in [0, 0.1) is 12.7 Å². The Labute approximate surface area is 133 Å². The Morgan fingerprint density at radius 3 is 3.22 bits per heavy atom. The number of halogens is 1. The molecule has 2 aliphatic heterocycles. The van der Waals surface area contributed by atoms with E-state index in [9.17, 15) is 9.18 Å². The molecule has 6 heteroatoms. The van der Waals surface area contributed by atoms with Gasteiger partial charge in [-0.05, 0) is 31.5 Å². The summed E-state index contributed by atoms with van der Waals surface area (Å²) in [6, 6.07) is 4.44. The van der Waals surface area contributed by atoms with Crippen molar-refractivity contribution in [1.82, 2.24) is 14.9 Å². The molecular weight excluding hydrogens is 297 g/mol. The van der Waals surface area contributed by atoms with Crippen molar-refractivity contribution in [2.75, 3.05) is 0 Å². The third-order valence-electron chi connectivity index (χ3n) is 4.45. The van der Waals surface area contributed by atoms with Gasteiger partial charge in [-0.3, -0.25) is 4.79 Å². The van der Waals surface area contributed by atoms with Crippen LogP contribution >= 0.6 is 0 Å². The number of rotatable bonds is 2. The quantitative estimate of drug-likeness (QED) is 0.919. The van der Waals surface area contributed by atoms with Crippen LogP contribution in [0.3, 0.4) is 0 Å². The van der Waals surface area contributed by atoms with E-state index in [-0.39, 0.29) is 17.8 Å². The number of carbonyl (C=O) groups excluding carboxylic acids is 1. The first-order valence-corrected chi connectivity index (χ1v) is 7.86. The zero-order valence-corrected chi connectivity index (χ0v) is 12.9. The molecule has 1 N–H and O–H groups in total. The zero-order chi connectivity index (χ0) is 16.0. The third kappa shape index (κ3) is 2.69. The fourth-order valence-corrected chi connectivity index (χ4v) is 3.36. The zero-order valence-electron chi connectivity index (χ0n) is 12.9. The minimum absolute atomic E-state index is 0.0765. The van der Waals surface area contributed by atoms with Crippen molar-refractivity contribution in [2.45, 2.75) is 44.9 Å². The van der Waals surface area contributed by atoms with Crippen molar-refractivity contribution >= 4 is 5.91 Å². The summed E-state index contributed by atoms with van der Waals surface area (Å²) in [4.78, 5) is 16.9. The minimum atomic E-state index is -0.572. The SMILES string of the molecule is Cc1cn2c(n1)CC[C@H](NC(=O)[C@@H]1Cc3cc(F)ccc3O1)C2. The number of amides is 1. The van der Waals surface area contributed by atoms with Crippen LogP contribution < -0.4 is 10.1 Å². The molecule has 1 aromatic heterocycles. The van der Waals surface area contributed by atoms with E-state index < -0.39 is 6.10 Å². The molecule has 0 aliphatic carbocycles. The Morgan fingerprint density at radius 1 is 1.48 bits per heavy atom. The summed E-state index contributed by atoms with van der Waals surface area (Å²) in [5.74, 6) is 1.24. The van der Waals surface area contributed by atoms with E-state index in [0.29, 0.717) is 12.2 Å². The minimum Gasteiger partial charge on any atom is -0.480 e. The van der Waals surface area contributed by atoms with Gasteiger partial charge in [0, 0.05) is 37.2 Å². The Kier molecular flexibility index (Phi) is 3.32. The molecule has 0 saturated heterocycles. The van der Waals surface area contributed by atoms with Gasteiger partial charge in [0.1, 0.15) is 17.4 Å². The Morgan fingerprint density at radius 2 is 2.35 bits per heavy atom. The van der Waals surface area contributed by atoms with Crippen LogP contribution in [0.25, 0.3) is 0 Å². The summed E-state index contributed by atoms with van der Waals surface area (Å²) < 4.78 is 21.0. The van der Waals surface area contributed by atoms with Crippen LogP contribution in [0.1, 0.15) is 23.5 Å². The lowest BCUT2D eigenvalue weighted by molar-refractivity contribution is -0.128. The first-order chi connectivity index (χ1) is 11.1. The molecule has 4 rings (SSSR count). The van der Waals surface area contributed by atoms with E-state index in [2.05, 4.69) is 14.9 Å². The number of aromatic nitrogens is 2. The maximum absolute atomic E-state index is 13.2. The number of hydrogen-bond acceptors (Lipinski definition) is 3. The molecule has 0 spiro atoms. The third-order valence-corrected chi connectivity index (χ3v) is 4.45. The van der Waals surface area contributed by atoms with Gasteiger partial charge in [0.05, 0.1) is 5.69 Å². The molecule has 120 valence electrons. The molecule has 1 aromatic carbocycles. The molecule has 3 heterocycles. The van der Waals surface area contributed by atoms with Gasteiger partial charge in [-0.15, -0.1) is 0 Å². The summed E-state index contributed by atoms with van der Waals surface area (Å²) in [7, 11) is 0. The lowest BCUT2D eigenvalue weighted by atomic mass is 10.1. The molecule has 5 nitrogen and oxygen atoms in total. The van der Waals surface area contributed by atoms with Crippen molar-refractivity contribution in [2.24, 2.45) is 0 Å². The van der Waals surface area contributed by atoms with Gasteiger partial charge in [-0.25, -0.2) is 9.37 Å². The lowest BCUT2D eigenvalue weighted by Crippen LogP contribution is -2.46. The Bertz CT molecular complexity index is 771. The number of carbonyl (C=O) groups is 1. The molecular formula is C17H18FN3O2. The van der Waals surface area contributed by atoms with E-state index in [4.69, 9.17) is 4.74 Å². The molecule has 2 atom stereocenters. The number of benzene rings is 1. The van der Waals surface area contributed by atoms with Gasteiger partial charge in [-0.2, -0.15) is 0 Å². The number of nitrogens with one attached hydrogen (secondary N) is 1. The van der Waals surface area contributed by atoms with E-state index in [1.165, 1.54) is 12.1 Å². The van der Waals surface area contributed by atoms with Crippen molar-refractivity contribution in [3.8, 4) is 5.75 Å². The van der Waals surface area contributed by atoms with Crippen molar-refractivity contribution in [3.05, 3.63) is 47.3 Å². The summed E-state index contributed by atoms with van der Waals surface area (Å²) in [6.07, 6.45) is 3.59. The van der Waals surface area contributed by atoms with Crippen LogP contribution in [-0.2, 0) is 24.2 Å². The monoisotopic (exact) mass is 315 g/mol. The van der Waals surface area contributed by atoms with Crippen LogP contribution in [0.15, 0.2) is 24.4 Å². The summed E-state index contributed by atoms with van der Waals surface area (Å²) >= 11 is 0. The number of nitrogens with zero attached hydrogens (tertiary/aromatic N) is 2. The standard InChI is InChI=1S/C17H18FN3O2/c1-10-8-21-9-13(3-5-16(21)19-10)20-17(22)15-7-11-6-12(18)2-4-14(11)23-15/h2,4,6,8,13,15H,3,5,7,9H2,1H3,(H,20,22)/t13-,15-/m0/s1. The number of imidazole rings is 1. The highest BCUT2D eigenvalue weighted by Crippen LogP contribution is 2.29. The average molecular weight is 315 g/mol. The molecule has 0 fully saturated rings. The van der Waals surface area contributed by atoms with E-state index in [0.717, 1.165) is 36.5 Å². The largest absolute Gasteiger partial charge is 0.480 e. The van der Waals surface area contributed by atoms with E-state index in [1.807, 2.05) is 13.1 Å². The summed E-state index contributed by atoms with van der Waals surface area (Å²) in [5, 5.41) is 3.05. The molecule has 2 aliphatic rings. The topological polar surface area (TPSA) is 56.2 Å². The predicted octanol–water partition coefficient (Wildman–Crippen LogP) is 1.77. The Balaban J connectivity index is 1.40. The second kappa shape index (κ2) is 5.37. The number of fused-ring (bicyclic) bond motifs is 2. The van der Waals surface area contributed by atoms with Gasteiger partial charge >= 0.3 is 0 Å². The van der Waals surface area contributed by atoms with Crippen LogP contribution in [0.5, 0.6) is 5.75 Å². The number of ether oxygens (including phenoxy) is 1. The fourth-order valence-electron chi connectivity index (χ4n) is 3.36. The average Bonchev–Trinajstić information content (AvgIpc) is 3.08. The normalized spacial score (nSPS) is 22.2. The lowest BCUT2D eigenvalue weighted by Gasteiger charge is -2.25. The van der Waals surface area contributed by atoms with Crippen LogP contribution in [-0.4, -0.2) is 27.6 Å². The van der Waals surface area contributed by atoms with Crippen molar-refractivity contribution in [1.29, 1.82) is 0 Å². The van der Waals surface area contributed by atoms with Crippen molar-refractivity contribution in [3.63, 3.8) is 0 Å². The van der Waals surface area contributed by atoms with Gasteiger partial charge in [0.25, 0.3) is 5.91 Å². The highest BCUT2D eigenvalue weighted by molar-refractivity contribution is 5.82. The summed E-state index contributed by atoms with van der Waals surface area (Å²) in [5.41, 5.74) is 1.75. The van der Waals surface area contributed by atoms with Crippen LogP contribution in [0.2, 0.25) is 0 Å². The van der Waals surface area contributed by atoms with E-state index >= 15 is 0 Å². The smallest absolute Gasteiger partial charge is 0.261 e. The first-order valence-electron chi connectivity index (χ1n) is 7.86. The second-order valence-electron chi connectivity index (χ2n) is 6.26. The number of aryl methyl sites for hydroxylation is 2. The maximum atomic E-state index is 13.2. The van der Waals surface area contributed by atoms with Gasteiger partial charge in [0.2, 0.25) is 0 Å². The first kappa shape index (κ1) is 14.2. The fraction of sp³-hybridized carbons (Fsp3) is 0.412. The highest BCUT2D eigenvalue weighted by Gasteiger charge is 2.31. The summed E-state index contributed by atoms with van der Waals surface area (Å²) in [6.45, 7) is 2.71. The molecule has 0 unspecified atom stereocenters. The molecule has 23 heavy (non-hydrogen) atoms. The highest BCUT2D eigenvalue weighted by atomic mass is 19.1. The van der Waals surface area contributed by atoms with Crippen LogP contribution in [0.4, 0.5) is 4.39 Å². The maximum Gasteiger partial charge on any atom is 0.261 e. The predicted molar refractivity (Wildman–Crippen MR) is 81.7 cm³/mol. The number of hydrogen-bond donors (Lipinski definition) is 1. The van der Waals surface area contributed by atoms with Crippen molar-refractivity contribution < 1.29 is 13.9 Å². The molecule has 2 aromatic rings. The molecule has 0 saturated carbocycles. The van der Waals surface area contributed by atoms with Gasteiger partial charge < -0.3 is 14.6 Å². The van der Waals surface area contributed by atoms with Gasteiger partial charge in [-0.1, -0.05) is 0 Å². The molecule has 1 amide bonds. The van der Waals surface area contributed by atoms with Gasteiger partial charge in [0.15, 0.2) is 6.10 Å². The Hall–Kier alpha value is -2.37.